The molecule has 2 heterocycles. The van der Waals surface area contributed by atoms with E-state index in [0.717, 1.165) is 22.6 Å². The van der Waals surface area contributed by atoms with Crippen LogP contribution in [0.2, 0.25) is 0 Å². The summed E-state index contributed by atoms with van der Waals surface area (Å²) in [6, 6.07) is 12.5. The van der Waals surface area contributed by atoms with Crippen LogP contribution >= 0.6 is 0 Å². The first-order chi connectivity index (χ1) is 14.3. The van der Waals surface area contributed by atoms with Gasteiger partial charge >= 0.3 is 0 Å². The summed E-state index contributed by atoms with van der Waals surface area (Å²) in [4.78, 5) is 21.8. The third-order valence-electron chi connectivity index (χ3n) is 5.12. The Morgan fingerprint density at radius 1 is 0.967 bits per heavy atom. The van der Waals surface area contributed by atoms with Gasteiger partial charge < -0.3 is 14.3 Å². The van der Waals surface area contributed by atoms with Gasteiger partial charge in [0.05, 0.1) is 22.8 Å². The molecule has 0 spiro atoms. The lowest BCUT2D eigenvalue weighted by Crippen LogP contribution is -2.08. The number of hydrogen-bond acceptors (Lipinski definition) is 6. The lowest BCUT2D eigenvalue weighted by atomic mass is 10.1. The summed E-state index contributed by atoms with van der Waals surface area (Å²) in [5.74, 6) is 0.455. The van der Waals surface area contributed by atoms with Crippen molar-refractivity contribution in [1.29, 1.82) is 0 Å². The highest BCUT2D eigenvalue weighted by Gasteiger charge is 2.18. The molecule has 0 radical (unpaired) electrons. The van der Waals surface area contributed by atoms with E-state index in [9.17, 15) is 9.90 Å². The monoisotopic (exact) mass is 402 g/mol. The number of rotatable bonds is 4. The second-order valence-corrected chi connectivity index (χ2v) is 7.30. The van der Waals surface area contributed by atoms with Crippen molar-refractivity contribution in [2.75, 3.05) is 0 Å². The van der Waals surface area contributed by atoms with Crippen molar-refractivity contribution in [3.63, 3.8) is 0 Å². The maximum atomic E-state index is 12.8. The molecule has 0 atom stereocenters. The molecular formula is C24H22N2O4. The third-order valence-corrected chi connectivity index (χ3v) is 5.12. The first kappa shape index (κ1) is 19.6. The predicted octanol–water partition coefficient (Wildman–Crippen LogP) is 4.77. The van der Waals surface area contributed by atoms with E-state index in [1.807, 2.05) is 51.1 Å². The second-order valence-electron chi connectivity index (χ2n) is 7.30. The molecule has 0 saturated heterocycles. The van der Waals surface area contributed by atoms with Gasteiger partial charge in [0.25, 0.3) is 0 Å². The van der Waals surface area contributed by atoms with E-state index in [2.05, 4.69) is 9.97 Å². The average molecular weight is 402 g/mol. The number of aryl methyl sites for hydroxylation is 4. The molecule has 4 rings (SSSR count). The van der Waals surface area contributed by atoms with E-state index >= 15 is 0 Å². The lowest BCUT2D eigenvalue weighted by Gasteiger charge is -2.14. The molecular weight excluding hydrogens is 380 g/mol. The maximum absolute atomic E-state index is 12.8. The standard InChI is InChI=1S/C24H22N2O4/c1-13-10-21-22(19(27)11-20(30-21)17-8-6-5-7-9-17)23(28)24(13)29-12-18-16(4)25-14(2)15(3)26-18/h5-11,28H,12H2,1-4H3. The minimum atomic E-state index is -0.334. The van der Waals surface area contributed by atoms with Crippen molar-refractivity contribution in [2.45, 2.75) is 34.3 Å². The smallest absolute Gasteiger partial charge is 0.197 e. The molecule has 2 aromatic carbocycles. The molecule has 6 heteroatoms. The first-order valence-electron chi connectivity index (χ1n) is 9.64. The van der Waals surface area contributed by atoms with Gasteiger partial charge in [-0.1, -0.05) is 30.3 Å². The summed E-state index contributed by atoms with van der Waals surface area (Å²) in [5, 5.41) is 10.9. The Hall–Kier alpha value is -3.67. The molecule has 6 nitrogen and oxygen atoms in total. The molecule has 30 heavy (non-hydrogen) atoms. The minimum absolute atomic E-state index is 0.0955. The SMILES string of the molecule is Cc1cc2oc(-c3ccccc3)cc(=O)c2c(O)c1OCc1nc(C)c(C)nc1C. The zero-order valence-corrected chi connectivity index (χ0v) is 17.3. The largest absolute Gasteiger partial charge is 0.504 e. The molecule has 0 bridgehead atoms. The molecule has 4 aromatic rings. The normalized spacial score (nSPS) is 11.1. The Morgan fingerprint density at radius 3 is 2.40 bits per heavy atom. The van der Waals surface area contributed by atoms with Crippen LogP contribution in [0.5, 0.6) is 11.5 Å². The molecule has 0 aliphatic carbocycles. The molecule has 0 aliphatic rings. The molecule has 0 unspecified atom stereocenters. The fraction of sp³-hybridized carbons (Fsp3) is 0.208. The van der Waals surface area contributed by atoms with Gasteiger partial charge in [-0.3, -0.25) is 14.8 Å². The Kier molecular flexibility index (Phi) is 4.99. The van der Waals surface area contributed by atoms with Gasteiger partial charge in [-0.15, -0.1) is 0 Å². The van der Waals surface area contributed by atoms with Crippen molar-refractivity contribution in [3.8, 4) is 22.8 Å². The number of phenolic OH excluding ortho intramolecular Hbond substituents is 1. The number of nitrogens with zero attached hydrogens (tertiary/aromatic N) is 2. The number of ether oxygens (including phenoxy) is 1. The van der Waals surface area contributed by atoms with Crippen LogP contribution in [0, 0.1) is 27.7 Å². The number of aromatic nitrogens is 2. The van der Waals surface area contributed by atoms with Crippen molar-refractivity contribution in [1.82, 2.24) is 9.97 Å². The molecule has 0 amide bonds. The summed E-state index contributed by atoms with van der Waals surface area (Å²) in [5.41, 5.74) is 4.57. The van der Waals surface area contributed by atoms with Crippen molar-refractivity contribution in [3.05, 3.63) is 81.0 Å². The number of fused-ring (bicyclic) bond motifs is 1. The van der Waals surface area contributed by atoms with Gasteiger partial charge in [0, 0.05) is 11.6 Å². The van der Waals surface area contributed by atoms with E-state index in [4.69, 9.17) is 9.15 Å². The van der Waals surface area contributed by atoms with Crippen LogP contribution in [-0.4, -0.2) is 15.1 Å². The zero-order chi connectivity index (χ0) is 21.4. The summed E-state index contributed by atoms with van der Waals surface area (Å²) in [7, 11) is 0. The Labute approximate surface area is 173 Å². The van der Waals surface area contributed by atoms with Gasteiger partial charge in [0.1, 0.15) is 23.3 Å². The van der Waals surface area contributed by atoms with Crippen LogP contribution in [-0.2, 0) is 6.61 Å². The van der Waals surface area contributed by atoms with Crippen molar-refractivity contribution in [2.24, 2.45) is 0 Å². The molecule has 0 fully saturated rings. The quantitative estimate of drug-likeness (QED) is 0.529. The predicted molar refractivity (Wildman–Crippen MR) is 115 cm³/mol. The van der Waals surface area contributed by atoms with E-state index in [0.29, 0.717) is 22.6 Å². The zero-order valence-electron chi connectivity index (χ0n) is 17.3. The second kappa shape index (κ2) is 7.63. The van der Waals surface area contributed by atoms with Gasteiger partial charge in [-0.2, -0.15) is 0 Å². The molecule has 152 valence electrons. The molecule has 0 aliphatic heterocycles. The Balaban J connectivity index is 1.74. The van der Waals surface area contributed by atoms with E-state index in [-0.39, 0.29) is 28.9 Å². The van der Waals surface area contributed by atoms with Gasteiger partial charge in [-0.25, -0.2) is 0 Å². The molecule has 0 saturated carbocycles. The molecule has 1 N–H and O–H groups in total. The van der Waals surface area contributed by atoms with Crippen LogP contribution in [0.25, 0.3) is 22.3 Å². The topological polar surface area (TPSA) is 85.5 Å². The van der Waals surface area contributed by atoms with Gasteiger partial charge in [0.2, 0.25) is 0 Å². The van der Waals surface area contributed by atoms with E-state index < -0.39 is 0 Å². The maximum Gasteiger partial charge on any atom is 0.197 e. The first-order valence-corrected chi connectivity index (χ1v) is 9.64. The van der Waals surface area contributed by atoms with Crippen LogP contribution < -0.4 is 10.2 Å². The highest BCUT2D eigenvalue weighted by atomic mass is 16.5. The van der Waals surface area contributed by atoms with Gasteiger partial charge in [-0.05, 0) is 39.3 Å². The van der Waals surface area contributed by atoms with Crippen molar-refractivity contribution < 1.29 is 14.3 Å². The van der Waals surface area contributed by atoms with Crippen LogP contribution in [0.1, 0.15) is 28.3 Å². The number of aromatic hydroxyl groups is 1. The Bertz CT molecular complexity index is 1310. The fourth-order valence-corrected chi connectivity index (χ4v) is 3.37. The van der Waals surface area contributed by atoms with Crippen molar-refractivity contribution >= 4 is 11.0 Å². The average Bonchev–Trinajstić information content (AvgIpc) is 2.71. The van der Waals surface area contributed by atoms with Crippen LogP contribution in [0.15, 0.2) is 51.7 Å². The number of hydrogen-bond donors (Lipinski definition) is 1. The minimum Gasteiger partial charge on any atom is -0.504 e. The number of phenols is 1. The van der Waals surface area contributed by atoms with Crippen LogP contribution in [0.4, 0.5) is 0 Å². The Morgan fingerprint density at radius 2 is 1.67 bits per heavy atom. The van der Waals surface area contributed by atoms with E-state index in [1.165, 1.54) is 6.07 Å². The highest BCUT2D eigenvalue weighted by molar-refractivity contribution is 5.88. The third kappa shape index (κ3) is 3.52. The van der Waals surface area contributed by atoms with Gasteiger partial charge in [0.15, 0.2) is 16.9 Å². The highest BCUT2D eigenvalue weighted by Crippen LogP contribution is 2.38. The number of benzene rings is 2. The summed E-state index contributed by atoms with van der Waals surface area (Å²) in [6.45, 7) is 7.59. The molecule has 2 aromatic heterocycles. The van der Waals surface area contributed by atoms with E-state index in [1.54, 1.807) is 13.0 Å². The summed E-state index contributed by atoms with van der Waals surface area (Å²) >= 11 is 0. The van der Waals surface area contributed by atoms with Crippen LogP contribution in [0.3, 0.4) is 0 Å². The lowest BCUT2D eigenvalue weighted by molar-refractivity contribution is 0.282. The fourth-order valence-electron chi connectivity index (χ4n) is 3.37. The summed E-state index contributed by atoms with van der Waals surface area (Å²) < 4.78 is 11.8. The summed E-state index contributed by atoms with van der Waals surface area (Å²) in [6.07, 6.45) is 0.